The van der Waals surface area contributed by atoms with Gasteiger partial charge in [0.25, 0.3) is 11.1 Å². The Morgan fingerprint density at radius 3 is 2.53 bits per heavy atom. The molecule has 1 aromatic heterocycles. The largest absolute Gasteiger partial charge is 0.459 e. The number of nitrogens with zero attached hydrogens (tertiary/aromatic N) is 2. The Labute approximate surface area is 213 Å². The molecule has 4 rings (SSSR count). The van der Waals surface area contributed by atoms with Gasteiger partial charge in [-0.15, -0.1) is 0 Å². The molecular formula is C27H27N3O5S. The first-order valence-corrected chi connectivity index (χ1v) is 12.2. The molecule has 0 bridgehead atoms. The molecule has 0 unspecified atom stereocenters. The number of benzene rings is 2. The standard InChI is InChI=1S/C27H27N3O5S/c1-17-8-7-9-19(12-17)28-23(31)15-29-14-18(20-10-5-6-11-21(20)29)13-22-25(33)30(26(34)36-22)16-24(32)35-27(2,3)4/h5-14H,15-16H2,1-4H3,(H,28,31). The third-order valence-electron chi connectivity index (χ3n) is 5.30. The number of aryl methyl sites for hydroxylation is 1. The molecule has 0 aliphatic carbocycles. The van der Waals surface area contributed by atoms with E-state index in [-0.39, 0.29) is 17.4 Å². The molecule has 0 spiro atoms. The van der Waals surface area contributed by atoms with Crippen molar-refractivity contribution in [2.24, 2.45) is 0 Å². The molecule has 3 amide bonds. The number of hydrogen-bond donors (Lipinski definition) is 1. The Balaban J connectivity index is 1.55. The van der Waals surface area contributed by atoms with Crippen LogP contribution in [-0.2, 0) is 25.7 Å². The lowest BCUT2D eigenvalue weighted by molar-refractivity contribution is -0.156. The number of fused-ring (bicyclic) bond motifs is 1. The summed E-state index contributed by atoms with van der Waals surface area (Å²) in [6.07, 6.45) is 3.40. The third-order valence-corrected chi connectivity index (χ3v) is 6.21. The minimum absolute atomic E-state index is 0.0718. The summed E-state index contributed by atoms with van der Waals surface area (Å²) in [6, 6.07) is 15.1. The summed E-state index contributed by atoms with van der Waals surface area (Å²) in [5.74, 6) is -1.39. The van der Waals surface area contributed by atoms with Crippen LogP contribution in [0.2, 0.25) is 0 Å². The Morgan fingerprint density at radius 2 is 1.81 bits per heavy atom. The van der Waals surface area contributed by atoms with E-state index in [1.54, 1.807) is 37.6 Å². The molecular weight excluding hydrogens is 478 g/mol. The van der Waals surface area contributed by atoms with Gasteiger partial charge in [-0.05, 0) is 69.3 Å². The predicted molar refractivity (Wildman–Crippen MR) is 140 cm³/mol. The molecule has 0 atom stereocenters. The number of thioether (sulfide) groups is 1. The monoisotopic (exact) mass is 505 g/mol. The number of ether oxygens (including phenoxy) is 1. The molecule has 1 fully saturated rings. The van der Waals surface area contributed by atoms with Crippen molar-refractivity contribution < 1.29 is 23.9 Å². The van der Waals surface area contributed by atoms with Gasteiger partial charge in [0.15, 0.2) is 0 Å². The highest BCUT2D eigenvalue weighted by Crippen LogP contribution is 2.34. The lowest BCUT2D eigenvalue weighted by Crippen LogP contribution is -2.37. The Hall–Kier alpha value is -3.85. The van der Waals surface area contributed by atoms with E-state index >= 15 is 0 Å². The second-order valence-corrected chi connectivity index (χ2v) is 10.5. The highest BCUT2D eigenvalue weighted by atomic mass is 32.2. The lowest BCUT2D eigenvalue weighted by Gasteiger charge is -2.21. The zero-order chi connectivity index (χ0) is 26.0. The van der Waals surface area contributed by atoms with Crippen molar-refractivity contribution in [1.82, 2.24) is 9.47 Å². The maximum Gasteiger partial charge on any atom is 0.326 e. The van der Waals surface area contributed by atoms with Crippen LogP contribution in [0.15, 0.2) is 59.6 Å². The number of imide groups is 1. The molecule has 1 N–H and O–H groups in total. The molecule has 3 aromatic rings. The molecule has 36 heavy (non-hydrogen) atoms. The van der Waals surface area contributed by atoms with Gasteiger partial charge < -0.3 is 14.6 Å². The molecule has 1 aliphatic heterocycles. The summed E-state index contributed by atoms with van der Waals surface area (Å²) in [6.45, 7) is 6.74. The first-order valence-electron chi connectivity index (χ1n) is 11.4. The Bertz CT molecular complexity index is 1400. The van der Waals surface area contributed by atoms with Crippen LogP contribution in [0, 0.1) is 6.92 Å². The van der Waals surface area contributed by atoms with E-state index in [4.69, 9.17) is 4.74 Å². The second-order valence-electron chi connectivity index (χ2n) is 9.50. The van der Waals surface area contributed by atoms with E-state index < -0.39 is 29.3 Å². The number of esters is 1. The van der Waals surface area contributed by atoms with Crippen molar-refractivity contribution in [3.63, 3.8) is 0 Å². The fourth-order valence-corrected chi connectivity index (χ4v) is 4.71. The lowest BCUT2D eigenvalue weighted by atomic mass is 10.1. The van der Waals surface area contributed by atoms with Crippen LogP contribution < -0.4 is 5.32 Å². The van der Waals surface area contributed by atoms with Crippen LogP contribution in [0.3, 0.4) is 0 Å². The van der Waals surface area contributed by atoms with Crippen LogP contribution in [0.1, 0.15) is 31.9 Å². The van der Waals surface area contributed by atoms with Crippen LogP contribution in [0.4, 0.5) is 10.5 Å². The highest BCUT2D eigenvalue weighted by molar-refractivity contribution is 8.18. The fraction of sp³-hybridized carbons (Fsp3) is 0.259. The van der Waals surface area contributed by atoms with Gasteiger partial charge in [-0.25, -0.2) is 0 Å². The maximum absolute atomic E-state index is 12.9. The van der Waals surface area contributed by atoms with Gasteiger partial charge >= 0.3 is 5.97 Å². The van der Waals surface area contributed by atoms with Crippen molar-refractivity contribution in [3.05, 3.63) is 70.8 Å². The number of hydrogen-bond acceptors (Lipinski definition) is 6. The van der Waals surface area contributed by atoms with Gasteiger partial charge in [0.1, 0.15) is 18.7 Å². The Kier molecular flexibility index (Phi) is 7.03. The zero-order valence-electron chi connectivity index (χ0n) is 20.5. The predicted octanol–water partition coefficient (Wildman–Crippen LogP) is 4.97. The smallest absolute Gasteiger partial charge is 0.326 e. The summed E-state index contributed by atoms with van der Waals surface area (Å²) in [5, 5.41) is 3.21. The van der Waals surface area contributed by atoms with Crippen LogP contribution >= 0.6 is 11.8 Å². The van der Waals surface area contributed by atoms with Gasteiger partial charge in [0.2, 0.25) is 5.91 Å². The van der Waals surface area contributed by atoms with Crippen molar-refractivity contribution in [2.75, 3.05) is 11.9 Å². The number of nitrogens with one attached hydrogen (secondary N) is 1. The maximum atomic E-state index is 12.9. The number of anilines is 1. The van der Waals surface area contributed by atoms with Crippen molar-refractivity contribution in [2.45, 2.75) is 39.8 Å². The quantitative estimate of drug-likeness (QED) is 0.375. The molecule has 2 heterocycles. The van der Waals surface area contributed by atoms with Crippen molar-refractivity contribution in [1.29, 1.82) is 0 Å². The first-order chi connectivity index (χ1) is 17.0. The van der Waals surface area contributed by atoms with E-state index in [9.17, 15) is 19.2 Å². The molecule has 0 saturated carbocycles. The zero-order valence-corrected chi connectivity index (χ0v) is 21.3. The Morgan fingerprint density at radius 1 is 1.06 bits per heavy atom. The summed E-state index contributed by atoms with van der Waals surface area (Å²) < 4.78 is 7.04. The van der Waals surface area contributed by atoms with Gasteiger partial charge in [0, 0.05) is 28.4 Å². The SMILES string of the molecule is Cc1cccc(NC(=O)Cn2cc(C=C3SC(=O)N(CC(=O)OC(C)(C)C)C3=O)c3ccccc32)c1. The molecule has 186 valence electrons. The van der Waals surface area contributed by atoms with Crippen molar-refractivity contribution >= 4 is 57.5 Å². The highest BCUT2D eigenvalue weighted by Gasteiger charge is 2.37. The van der Waals surface area contributed by atoms with Crippen molar-refractivity contribution in [3.8, 4) is 0 Å². The van der Waals surface area contributed by atoms with E-state index in [0.717, 1.165) is 38.8 Å². The summed E-state index contributed by atoms with van der Waals surface area (Å²) in [4.78, 5) is 51.4. The van der Waals surface area contributed by atoms with Crippen LogP contribution in [-0.4, -0.2) is 44.6 Å². The number of amides is 3. The molecule has 8 nitrogen and oxygen atoms in total. The molecule has 2 aromatic carbocycles. The molecule has 1 aliphatic rings. The third kappa shape index (κ3) is 5.85. The van der Waals surface area contributed by atoms with E-state index in [1.165, 1.54) is 0 Å². The average Bonchev–Trinajstić information content (AvgIpc) is 3.24. The number of carbonyl (C=O) groups is 4. The minimum Gasteiger partial charge on any atom is -0.459 e. The summed E-state index contributed by atoms with van der Waals surface area (Å²) >= 11 is 0.774. The number of aromatic nitrogens is 1. The molecule has 0 radical (unpaired) electrons. The summed E-state index contributed by atoms with van der Waals surface area (Å²) in [5.41, 5.74) is 2.55. The van der Waals surface area contributed by atoms with Crippen LogP contribution in [0.5, 0.6) is 0 Å². The van der Waals surface area contributed by atoms with Gasteiger partial charge in [0.05, 0.1) is 4.91 Å². The van der Waals surface area contributed by atoms with E-state index in [1.807, 2.05) is 55.5 Å². The van der Waals surface area contributed by atoms with Crippen LogP contribution in [0.25, 0.3) is 17.0 Å². The number of carbonyl (C=O) groups excluding carboxylic acids is 4. The van der Waals surface area contributed by atoms with E-state index in [0.29, 0.717) is 5.56 Å². The molecule has 1 saturated heterocycles. The number of rotatable bonds is 6. The minimum atomic E-state index is -0.720. The van der Waals surface area contributed by atoms with Gasteiger partial charge in [-0.3, -0.25) is 24.1 Å². The first kappa shape index (κ1) is 25.2. The number of para-hydroxylation sites is 1. The average molecular weight is 506 g/mol. The van der Waals surface area contributed by atoms with Gasteiger partial charge in [-0.2, -0.15) is 0 Å². The normalized spacial score (nSPS) is 15.1. The molecule has 9 heteroatoms. The summed E-state index contributed by atoms with van der Waals surface area (Å²) in [7, 11) is 0. The van der Waals surface area contributed by atoms with E-state index in [2.05, 4.69) is 5.32 Å². The van der Waals surface area contributed by atoms with Gasteiger partial charge in [-0.1, -0.05) is 30.3 Å². The topological polar surface area (TPSA) is 97.7 Å². The second kappa shape index (κ2) is 10.0. The fourth-order valence-electron chi connectivity index (χ4n) is 3.88.